The highest BCUT2D eigenvalue weighted by Crippen LogP contribution is 2.33. The molecular weight excluding hydrogens is 364 g/mol. The molecule has 25 heavy (non-hydrogen) atoms. The van der Waals surface area contributed by atoms with Gasteiger partial charge in [-0.15, -0.1) is 0 Å². The first-order valence-corrected chi connectivity index (χ1v) is 10.3. The molecule has 0 atom stereocenters. The molecular formula is C16H16N2O5S2. The molecule has 0 aromatic heterocycles. The number of hydrogen-bond donors (Lipinski definition) is 2. The number of allylic oxidation sites excluding steroid dienone is 1. The van der Waals surface area contributed by atoms with Crippen LogP contribution in [0.1, 0.15) is 10.4 Å². The standard InChI is InChI=1S/C16H16N2O5S2/c1-3-13(19)15-14(25(18,22)23)9-8-12(16(15)17)10-4-6-11(7-5-10)24(2,20)21/h3-9H,1,17H2,2H3,(H2,18,22,23). The topological polar surface area (TPSA) is 137 Å². The Morgan fingerprint density at radius 1 is 1.04 bits per heavy atom. The fraction of sp³-hybridized carbons (Fsp3) is 0.0625. The van der Waals surface area contributed by atoms with Crippen LogP contribution in [0, 0.1) is 0 Å². The monoisotopic (exact) mass is 380 g/mol. The highest BCUT2D eigenvalue weighted by molar-refractivity contribution is 7.90. The zero-order valence-electron chi connectivity index (χ0n) is 13.3. The Morgan fingerprint density at radius 2 is 1.60 bits per heavy atom. The molecule has 4 N–H and O–H groups in total. The average molecular weight is 380 g/mol. The van der Waals surface area contributed by atoms with Crippen LogP contribution < -0.4 is 10.9 Å². The van der Waals surface area contributed by atoms with E-state index in [1.807, 2.05) is 0 Å². The summed E-state index contributed by atoms with van der Waals surface area (Å²) < 4.78 is 46.4. The van der Waals surface area contributed by atoms with E-state index in [0.717, 1.165) is 12.3 Å². The smallest absolute Gasteiger partial charge is 0.238 e. The number of ketones is 1. The number of nitrogen functional groups attached to an aromatic ring is 1. The first-order chi connectivity index (χ1) is 11.5. The number of anilines is 1. The summed E-state index contributed by atoms with van der Waals surface area (Å²) >= 11 is 0. The average Bonchev–Trinajstić information content (AvgIpc) is 2.52. The van der Waals surface area contributed by atoms with Crippen LogP contribution >= 0.6 is 0 Å². The molecule has 0 aliphatic carbocycles. The second-order valence-electron chi connectivity index (χ2n) is 5.31. The van der Waals surface area contributed by atoms with Crippen molar-refractivity contribution in [1.29, 1.82) is 0 Å². The molecule has 9 heteroatoms. The number of nitrogens with two attached hydrogens (primary N) is 2. The zero-order chi connectivity index (χ0) is 19.0. The van der Waals surface area contributed by atoms with Gasteiger partial charge in [-0.25, -0.2) is 22.0 Å². The maximum absolute atomic E-state index is 12.1. The molecule has 0 radical (unpaired) electrons. The Kier molecular flexibility index (Phi) is 4.85. The highest BCUT2D eigenvalue weighted by atomic mass is 32.2. The maximum atomic E-state index is 12.1. The van der Waals surface area contributed by atoms with E-state index in [-0.39, 0.29) is 16.1 Å². The van der Waals surface area contributed by atoms with Crippen molar-refractivity contribution in [3.63, 3.8) is 0 Å². The normalized spacial score (nSPS) is 11.9. The SMILES string of the molecule is C=CC(=O)c1c(S(N)(=O)=O)ccc(-c2ccc(S(C)(=O)=O)cc2)c1N. The summed E-state index contributed by atoms with van der Waals surface area (Å²) in [5.41, 5.74) is 6.55. The zero-order valence-corrected chi connectivity index (χ0v) is 14.9. The van der Waals surface area contributed by atoms with Gasteiger partial charge in [-0.2, -0.15) is 0 Å². The number of carbonyl (C=O) groups excluding carboxylic acids is 1. The van der Waals surface area contributed by atoms with Gasteiger partial charge in [0.25, 0.3) is 0 Å². The number of sulfone groups is 1. The van der Waals surface area contributed by atoms with Crippen LogP contribution in [0.15, 0.2) is 58.8 Å². The van der Waals surface area contributed by atoms with Crippen molar-refractivity contribution >= 4 is 31.3 Å². The lowest BCUT2D eigenvalue weighted by atomic mass is 9.98. The molecule has 0 spiro atoms. The van der Waals surface area contributed by atoms with E-state index in [2.05, 4.69) is 6.58 Å². The summed E-state index contributed by atoms with van der Waals surface area (Å²) in [5.74, 6) is -0.684. The van der Waals surface area contributed by atoms with E-state index < -0.39 is 30.5 Å². The molecule has 2 aromatic carbocycles. The van der Waals surface area contributed by atoms with E-state index in [9.17, 15) is 21.6 Å². The molecule has 132 valence electrons. The van der Waals surface area contributed by atoms with Gasteiger partial charge in [-0.1, -0.05) is 24.8 Å². The van der Waals surface area contributed by atoms with Crippen LogP contribution in [-0.4, -0.2) is 28.9 Å². The molecule has 0 bridgehead atoms. The molecule has 0 unspecified atom stereocenters. The van der Waals surface area contributed by atoms with Crippen LogP contribution in [0.4, 0.5) is 5.69 Å². The molecule has 0 aliphatic rings. The summed E-state index contributed by atoms with van der Waals surface area (Å²) in [7, 11) is -7.52. The van der Waals surface area contributed by atoms with Crippen molar-refractivity contribution in [1.82, 2.24) is 0 Å². The number of carbonyl (C=O) groups is 1. The van der Waals surface area contributed by atoms with Gasteiger partial charge in [-0.3, -0.25) is 4.79 Å². The van der Waals surface area contributed by atoms with Crippen molar-refractivity contribution in [3.8, 4) is 11.1 Å². The molecule has 2 aromatic rings. The predicted molar refractivity (Wildman–Crippen MR) is 95.3 cm³/mol. The van der Waals surface area contributed by atoms with Gasteiger partial charge in [0.2, 0.25) is 10.0 Å². The summed E-state index contributed by atoms with van der Waals surface area (Å²) in [6, 6.07) is 8.41. The van der Waals surface area contributed by atoms with Crippen LogP contribution in [0.25, 0.3) is 11.1 Å². The molecule has 0 aliphatic heterocycles. The molecule has 7 nitrogen and oxygen atoms in total. The summed E-state index contributed by atoms with van der Waals surface area (Å²) in [6.07, 6.45) is 2.02. The van der Waals surface area contributed by atoms with E-state index in [0.29, 0.717) is 11.1 Å². The van der Waals surface area contributed by atoms with Crippen molar-refractivity contribution < 1.29 is 21.6 Å². The van der Waals surface area contributed by atoms with Crippen molar-refractivity contribution in [2.24, 2.45) is 5.14 Å². The van der Waals surface area contributed by atoms with Gasteiger partial charge in [0.1, 0.15) is 0 Å². The first-order valence-electron chi connectivity index (χ1n) is 6.89. The summed E-state index contributed by atoms with van der Waals surface area (Å²) in [4.78, 5) is 11.8. The molecule has 0 saturated heterocycles. The highest BCUT2D eigenvalue weighted by Gasteiger charge is 2.23. The third-order valence-corrected chi connectivity index (χ3v) is 5.62. The maximum Gasteiger partial charge on any atom is 0.238 e. The third-order valence-electron chi connectivity index (χ3n) is 3.54. The van der Waals surface area contributed by atoms with E-state index in [4.69, 9.17) is 10.9 Å². The Balaban J connectivity index is 2.72. The van der Waals surface area contributed by atoms with Crippen LogP contribution in [0.2, 0.25) is 0 Å². The predicted octanol–water partition coefficient (Wildman–Crippen LogP) is 1.36. The van der Waals surface area contributed by atoms with Crippen LogP contribution in [-0.2, 0) is 19.9 Å². The minimum absolute atomic E-state index is 0.0801. The fourth-order valence-corrected chi connectivity index (χ4v) is 3.71. The number of hydrogen-bond acceptors (Lipinski definition) is 6. The van der Waals surface area contributed by atoms with Gasteiger partial charge in [0.05, 0.1) is 21.0 Å². The van der Waals surface area contributed by atoms with Crippen molar-refractivity contribution in [2.75, 3.05) is 12.0 Å². The van der Waals surface area contributed by atoms with E-state index >= 15 is 0 Å². The Bertz CT molecular complexity index is 1070. The van der Waals surface area contributed by atoms with Gasteiger partial charge >= 0.3 is 0 Å². The fourth-order valence-electron chi connectivity index (χ4n) is 2.33. The lowest BCUT2D eigenvalue weighted by molar-refractivity contribution is 0.104. The molecule has 0 fully saturated rings. The molecule has 0 saturated carbocycles. The number of rotatable bonds is 5. The number of benzene rings is 2. The van der Waals surface area contributed by atoms with E-state index in [1.54, 1.807) is 0 Å². The lowest BCUT2D eigenvalue weighted by Crippen LogP contribution is -2.18. The molecule has 0 amide bonds. The van der Waals surface area contributed by atoms with Crippen molar-refractivity contribution in [3.05, 3.63) is 54.6 Å². The first kappa shape index (κ1) is 18.8. The van der Waals surface area contributed by atoms with Crippen molar-refractivity contribution in [2.45, 2.75) is 9.79 Å². The summed E-state index contributed by atoms with van der Waals surface area (Å²) in [6.45, 7) is 3.33. The minimum atomic E-state index is -4.16. The minimum Gasteiger partial charge on any atom is -0.398 e. The molecule has 0 heterocycles. The van der Waals surface area contributed by atoms with Gasteiger partial charge in [0.15, 0.2) is 15.6 Å². The summed E-state index contributed by atoms with van der Waals surface area (Å²) in [5, 5.41) is 5.14. The van der Waals surface area contributed by atoms with Gasteiger partial charge in [0, 0.05) is 11.8 Å². The van der Waals surface area contributed by atoms with E-state index in [1.165, 1.54) is 36.4 Å². The second-order valence-corrected chi connectivity index (χ2v) is 8.86. The Labute approximate surface area is 145 Å². The Hall–Kier alpha value is -2.49. The van der Waals surface area contributed by atoms with Gasteiger partial charge < -0.3 is 5.73 Å². The number of sulfonamides is 1. The second kappa shape index (κ2) is 6.43. The third kappa shape index (κ3) is 3.78. The Morgan fingerprint density at radius 3 is 2.04 bits per heavy atom. The van der Waals surface area contributed by atoms with Crippen LogP contribution in [0.5, 0.6) is 0 Å². The molecule has 2 rings (SSSR count). The van der Waals surface area contributed by atoms with Gasteiger partial charge in [-0.05, 0) is 29.8 Å². The number of primary sulfonamides is 1. The quantitative estimate of drug-likeness (QED) is 0.456. The van der Waals surface area contributed by atoms with Crippen LogP contribution in [0.3, 0.4) is 0 Å². The largest absolute Gasteiger partial charge is 0.398 e. The lowest BCUT2D eigenvalue weighted by Gasteiger charge is -2.13.